The van der Waals surface area contributed by atoms with Gasteiger partial charge in [0.05, 0.1) is 11.5 Å². The van der Waals surface area contributed by atoms with Crippen LogP contribution in [0.2, 0.25) is 0 Å². The van der Waals surface area contributed by atoms with E-state index < -0.39 is 9.84 Å². The average Bonchev–Trinajstić information content (AvgIpc) is 2.58. The number of sulfone groups is 1. The second-order valence-electron chi connectivity index (χ2n) is 5.10. The monoisotopic (exact) mass is 299 g/mol. The molecule has 19 heavy (non-hydrogen) atoms. The fourth-order valence-corrected chi connectivity index (χ4v) is 4.11. The summed E-state index contributed by atoms with van der Waals surface area (Å²) in [6, 6.07) is 10.3. The van der Waals surface area contributed by atoms with Gasteiger partial charge in [0.15, 0.2) is 9.84 Å². The van der Waals surface area contributed by atoms with E-state index in [0.29, 0.717) is 24.0 Å². The first-order valence-electron chi connectivity index (χ1n) is 6.69. The summed E-state index contributed by atoms with van der Waals surface area (Å²) in [5.74, 6) is 1.78. The Kier molecular flexibility index (Phi) is 5.30. The van der Waals surface area contributed by atoms with E-state index in [1.807, 2.05) is 18.2 Å². The highest BCUT2D eigenvalue weighted by atomic mass is 32.2. The Morgan fingerprint density at radius 3 is 2.58 bits per heavy atom. The van der Waals surface area contributed by atoms with Gasteiger partial charge in [0.2, 0.25) is 0 Å². The Morgan fingerprint density at radius 1 is 1.16 bits per heavy atom. The first kappa shape index (κ1) is 14.9. The molecular formula is C14H21NO2S2. The molecule has 1 saturated heterocycles. The highest BCUT2D eigenvalue weighted by molar-refractivity contribution is 7.91. The lowest BCUT2D eigenvalue weighted by Crippen LogP contribution is -2.32. The van der Waals surface area contributed by atoms with E-state index in [4.69, 9.17) is 0 Å². The summed E-state index contributed by atoms with van der Waals surface area (Å²) in [5.41, 5.74) is 1.28. The number of rotatable bonds is 4. The standard InChI is InChI=1S/C14H21NO2S2/c16-19(17)9-4-7-15(8-10-19)11-14(12-18)13-5-2-1-3-6-13/h1-3,5-6,14,18H,4,7-12H2. The molecule has 1 aromatic carbocycles. The quantitative estimate of drug-likeness (QED) is 0.862. The van der Waals surface area contributed by atoms with Crippen LogP contribution in [0, 0.1) is 0 Å². The molecule has 0 spiro atoms. The second kappa shape index (κ2) is 6.77. The molecule has 0 radical (unpaired) electrons. The number of hydrogen-bond acceptors (Lipinski definition) is 4. The zero-order valence-corrected chi connectivity index (χ0v) is 12.7. The number of benzene rings is 1. The minimum absolute atomic E-state index is 0.293. The SMILES string of the molecule is O=S1(=O)CCCN(CC(CS)c2ccccc2)CC1. The summed E-state index contributed by atoms with van der Waals surface area (Å²) in [4.78, 5) is 2.26. The normalized spacial score (nSPS) is 21.7. The van der Waals surface area contributed by atoms with Crippen molar-refractivity contribution in [2.75, 3.05) is 36.9 Å². The fraction of sp³-hybridized carbons (Fsp3) is 0.571. The van der Waals surface area contributed by atoms with E-state index in [2.05, 4.69) is 29.7 Å². The third-order valence-electron chi connectivity index (χ3n) is 3.62. The Morgan fingerprint density at radius 2 is 1.89 bits per heavy atom. The zero-order valence-electron chi connectivity index (χ0n) is 11.0. The van der Waals surface area contributed by atoms with Gasteiger partial charge in [-0.15, -0.1) is 0 Å². The molecule has 1 unspecified atom stereocenters. The van der Waals surface area contributed by atoms with Crippen LogP contribution in [0.15, 0.2) is 30.3 Å². The molecule has 1 aromatic rings. The smallest absolute Gasteiger partial charge is 0.151 e. The molecule has 0 N–H and O–H groups in total. The van der Waals surface area contributed by atoms with Crippen LogP contribution in [0.3, 0.4) is 0 Å². The first-order valence-corrected chi connectivity index (χ1v) is 9.15. The summed E-state index contributed by atoms with van der Waals surface area (Å²) in [5, 5.41) is 0. The van der Waals surface area contributed by atoms with Crippen molar-refractivity contribution in [3.63, 3.8) is 0 Å². The number of hydrogen-bond donors (Lipinski definition) is 1. The van der Waals surface area contributed by atoms with Gasteiger partial charge in [0.1, 0.15) is 0 Å². The van der Waals surface area contributed by atoms with Crippen LogP contribution in [0.1, 0.15) is 17.9 Å². The molecule has 1 aliphatic heterocycles. The van der Waals surface area contributed by atoms with Crippen molar-refractivity contribution >= 4 is 22.5 Å². The van der Waals surface area contributed by atoms with Gasteiger partial charge in [0.25, 0.3) is 0 Å². The molecule has 1 aliphatic rings. The maximum atomic E-state index is 11.6. The van der Waals surface area contributed by atoms with Crippen LogP contribution in [0.5, 0.6) is 0 Å². The number of thiol groups is 1. The van der Waals surface area contributed by atoms with E-state index in [9.17, 15) is 8.42 Å². The summed E-state index contributed by atoms with van der Waals surface area (Å²) in [7, 11) is -2.82. The highest BCUT2D eigenvalue weighted by Gasteiger charge is 2.21. The third-order valence-corrected chi connectivity index (χ3v) is 5.77. The van der Waals surface area contributed by atoms with Gasteiger partial charge in [0, 0.05) is 19.0 Å². The van der Waals surface area contributed by atoms with E-state index in [0.717, 1.165) is 25.3 Å². The predicted octanol–water partition coefficient (Wildman–Crippen LogP) is 1.82. The molecule has 1 heterocycles. The van der Waals surface area contributed by atoms with Gasteiger partial charge in [-0.3, -0.25) is 0 Å². The van der Waals surface area contributed by atoms with Crippen molar-refractivity contribution in [1.29, 1.82) is 0 Å². The zero-order chi connectivity index (χ0) is 13.7. The fourth-order valence-electron chi connectivity index (χ4n) is 2.48. The highest BCUT2D eigenvalue weighted by Crippen LogP contribution is 2.19. The summed E-state index contributed by atoms with van der Waals surface area (Å²) in [6.45, 7) is 2.42. The van der Waals surface area contributed by atoms with Gasteiger partial charge in [-0.1, -0.05) is 30.3 Å². The molecule has 0 bridgehead atoms. The lowest BCUT2D eigenvalue weighted by atomic mass is 10.0. The van der Waals surface area contributed by atoms with E-state index >= 15 is 0 Å². The van der Waals surface area contributed by atoms with E-state index in [-0.39, 0.29) is 0 Å². The summed E-state index contributed by atoms with van der Waals surface area (Å²) >= 11 is 4.44. The van der Waals surface area contributed by atoms with Crippen LogP contribution in [-0.2, 0) is 9.84 Å². The Balaban J connectivity index is 1.99. The van der Waals surface area contributed by atoms with Gasteiger partial charge < -0.3 is 4.90 Å². The molecule has 0 saturated carbocycles. The van der Waals surface area contributed by atoms with Crippen LogP contribution in [-0.4, -0.2) is 50.2 Å². The van der Waals surface area contributed by atoms with Crippen LogP contribution >= 0.6 is 12.6 Å². The minimum atomic E-state index is -2.82. The molecular weight excluding hydrogens is 278 g/mol. The molecule has 106 valence electrons. The largest absolute Gasteiger partial charge is 0.302 e. The van der Waals surface area contributed by atoms with E-state index in [1.165, 1.54) is 5.56 Å². The Bertz CT molecular complexity index is 487. The second-order valence-corrected chi connectivity index (χ2v) is 7.76. The lowest BCUT2D eigenvalue weighted by Gasteiger charge is -2.25. The summed E-state index contributed by atoms with van der Waals surface area (Å²) < 4.78 is 23.2. The molecule has 1 atom stereocenters. The molecule has 1 fully saturated rings. The maximum absolute atomic E-state index is 11.6. The van der Waals surface area contributed by atoms with Gasteiger partial charge in [-0.25, -0.2) is 8.42 Å². The van der Waals surface area contributed by atoms with Gasteiger partial charge >= 0.3 is 0 Å². The van der Waals surface area contributed by atoms with Crippen molar-refractivity contribution in [2.24, 2.45) is 0 Å². The number of nitrogens with zero attached hydrogens (tertiary/aromatic N) is 1. The van der Waals surface area contributed by atoms with Crippen molar-refractivity contribution < 1.29 is 8.42 Å². The molecule has 3 nitrogen and oxygen atoms in total. The Labute approximate surface area is 121 Å². The maximum Gasteiger partial charge on any atom is 0.151 e. The minimum Gasteiger partial charge on any atom is -0.302 e. The Hall–Kier alpha value is -0.520. The van der Waals surface area contributed by atoms with Gasteiger partial charge in [-0.05, 0) is 24.3 Å². The van der Waals surface area contributed by atoms with Gasteiger partial charge in [-0.2, -0.15) is 12.6 Å². The van der Waals surface area contributed by atoms with Crippen molar-refractivity contribution in [1.82, 2.24) is 4.90 Å². The predicted molar refractivity (Wildman–Crippen MR) is 82.7 cm³/mol. The molecule has 0 amide bonds. The average molecular weight is 299 g/mol. The molecule has 5 heteroatoms. The molecule has 0 aliphatic carbocycles. The van der Waals surface area contributed by atoms with Crippen molar-refractivity contribution in [2.45, 2.75) is 12.3 Å². The van der Waals surface area contributed by atoms with Crippen LogP contribution in [0.25, 0.3) is 0 Å². The topological polar surface area (TPSA) is 37.4 Å². The van der Waals surface area contributed by atoms with Crippen molar-refractivity contribution in [3.05, 3.63) is 35.9 Å². The first-order chi connectivity index (χ1) is 9.11. The van der Waals surface area contributed by atoms with E-state index in [1.54, 1.807) is 0 Å². The molecule has 2 rings (SSSR count). The van der Waals surface area contributed by atoms with Crippen LogP contribution in [0.4, 0.5) is 0 Å². The third kappa shape index (κ3) is 4.51. The summed E-state index contributed by atoms with van der Waals surface area (Å²) in [6.07, 6.45) is 0.746. The molecule has 0 aromatic heterocycles. The lowest BCUT2D eigenvalue weighted by molar-refractivity contribution is 0.282. The van der Waals surface area contributed by atoms with Crippen molar-refractivity contribution in [3.8, 4) is 0 Å². The van der Waals surface area contributed by atoms with Crippen LogP contribution < -0.4 is 0 Å².